The lowest BCUT2D eigenvalue weighted by atomic mass is 10.1. The van der Waals surface area contributed by atoms with Gasteiger partial charge in [-0.25, -0.2) is 14.1 Å². The number of aromatic nitrogens is 4. The second-order valence-electron chi connectivity index (χ2n) is 7.67. The van der Waals surface area contributed by atoms with Crippen molar-refractivity contribution in [3.63, 3.8) is 0 Å². The second kappa shape index (κ2) is 9.67. The van der Waals surface area contributed by atoms with E-state index < -0.39 is 41.0 Å². The second-order valence-corrected chi connectivity index (χ2v) is 8.11. The molecule has 0 amide bonds. The van der Waals surface area contributed by atoms with E-state index in [-0.39, 0.29) is 21.9 Å². The average Bonchev–Trinajstić information content (AvgIpc) is 2.82. The minimum Gasteiger partial charge on any atom is -0.449 e. The van der Waals surface area contributed by atoms with Crippen LogP contribution < -0.4 is 15.9 Å². The van der Waals surface area contributed by atoms with E-state index in [1.54, 1.807) is 0 Å². The van der Waals surface area contributed by atoms with Gasteiger partial charge < -0.3 is 4.74 Å². The van der Waals surface area contributed by atoms with Gasteiger partial charge in [0.15, 0.2) is 5.69 Å². The first-order chi connectivity index (χ1) is 17.1. The molecule has 0 aliphatic rings. The summed E-state index contributed by atoms with van der Waals surface area (Å²) in [5, 5.41) is 13.2. The molecule has 4 aromatic rings. The standard InChI is InChI=1S/C24H15ClF3N5O3/c1-24(27,28)21-20(36-18-9-14(11-29)8-16(25)10-18)23(35)32(12-30-21)13-33-22(34)19(6-7-31-33)15-2-4-17(26)5-3-15/h2-10,12H,13H2,1H3. The van der Waals surface area contributed by atoms with Crippen molar-refractivity contribution in [2.24, 2.45) is 0 Å². The van der Waals surface area contributed by atoms with Crippen LogP contribution in [0.15, 0.2) is 70.6 Å². The summed E-state index contributed by atoms with van der Waals surface area (Å²) in [6.45, 7) is 0.0630. The Morgan fingerprint density at radius 3 is 2.50 bits per heavy atom. The van der Waals surface area contributed by atoms with Gasteiger partial charge in [-0.1, -0.05) is 23.7 Å². The summed E-state index contributed by atoms with van der Waals surface area (Å²) in [5.74, 6) is -4.97. The number of benzene rings is 2. The zero-order chi connectivity index (χ0) is 26.0. The molecule has 2 aromatic heterocycles. The molecule has 0 saturated carbocycles. The molecule has 0 saturated heterocycles. The lowest BCUT2D eigenvalue weighted by Crippen LogP contribution is -2.33. The van der Waals surface area contributed by atoms with Crippen LogP contribution >= 0.6 is 11.6 Å². The van der Waals surface area contributed by atoms with E-state index in [0.717, 1.165) is 15.6 Å². The van der Waals surface area contributed by atoms with Gasteiger partial charge in [0.05, 0.1) is 23.5 Å². The lowest BCUT2D eigenvalue weighted by Gasteiger charge is -2.17. The zero-order valence-electron chi connectivity index (χ0n) is 18.5. The number of rotatable bonds is 6. The molecule has 0 atom stereocenters. The molecule has 0 N–H and O–H groups in total. The van der Waals surface area contributed by atoms with E-state index >= 15 is 0 Å². The Bertz CT molecular complexity index is 1610. The molecule has 0 radical (unpaired) electrons. The third kappa shape index (κ3) is 5.13. The van der Waals surface area contributed by atoms with E-state index in [0.29, 0.717) is 12.5 Å². The van der Waals surface area contributed by atoms with Gasteiger partial charge in [0.2, 0.25) is 5.75 Å². The fourth-order valence-corrected chi connectivity index (χ4v) is 3.55. The Kier molecular flexibility index (Phi) is 6.63. The van der Waals surface area contributed by atoms with E-state index in [2.05, 4.69) is 10.1 Å². The van der Waals surface area contributed by atoms with Gasteiger partial charge in [-0.2, -0.15) is 19.1 Å². The number of hydrogen-bond donors (Lipinski definition) is 0. The smallest absolute Gasteiger partial charge is 0.298 e. The van der Waals surface area contributed by atoms with E-state index in [1.165, 1.54) is 54.7 Å². The summed E-state index contributed by atoms with van der Waals surface area (Å²) in [7, 11) is 0. The highest BCUT2D eigenvalue weighted by Gasteiger charge is 2.33. The van der Waals surface area contributed by atoms with Crippen LogP contribution in [0.4, 0.5) is 13.2 Å². The lowest BCUT2D eigenvalue weighted by molar-refractivity contribution is 0.0100. The minimum absolute atomic E-state index is 0.0832. The summed E-state index contributed by atoms with van der Waals surface area (Å²) < 4.78 is 49.0. The topological polar surface area (TPSA) is 103 Å². The molecule has 4 rings (SSSR count). The van der Waals surface area contributed by atoms with Gasteiger partial charge in [0.1, 0.15) is 18.2 Å². The maximum absolute atomic E-state index is 14.3. The van der Waals surface area contributed by atoms with Gasteiger partial charge in [-0.05, 0) is 42.0 Å². The third-order valence-electron chi connectivity index (χ3n) is 4.99. The zero-order valence-corrected chi connectivity index (χ0v) is 19.2. The molecule has 36 heavy (non-hydrogen) atoms. The Hall–Kier alpha value is -4.43. The molecule has 182 valence electrons. The number of nitriles is 1. The Morgan fingerprint density at radius 1 is 1.11 bits per heavy atom. The molecular formula is C24H15ClF3N5O3. The average molecular weight is 514 g/mol. The largest absolute Gasteiger partial charge is 0.449 e. The van der Waals surface area contributed by atoms with Crippen LogP contribution in [0, 0.1) is 17.1 Å². The van der Waals surface area contributed by atoms with Crippen molar-refractivity contribution in [3.8, 4) is 28.7 Å². The molecule has 0 unspecified atom stereocenters. The maximum Gasteiger partial charge on any atom is 0.298 e. The number of nitrogens with zero attached hydrogens (tertiary/aromatic N) is 5. The predicted octanol–water partition coefficient (Wildman–Crippen LogP) is 4.54. The van der Waals surface area contributed by atoms with Gasteiger partial charge >= 0.3 is 0 Å². The molecule has 2 heterocycles. The van der Waals surface area contributed by atoms with Gasteiger partial charge in [0, 0.05) is 18.1 Å². The molecule has 0 spiro atoms. The van der Waals surface area contributed by atoms with Crippen LogP contribution in [0.2, 0.25) is 5.02 Å². The number of ether oxygens (including phenoxy) is 1. The van der Waals surface area contributed by atoms with Crippen molar-refractivity contribution >= 4 is 11.6 Å². The van der Waals surface area contributed by atoms with Crippen molar-refractivity contribution in [1.29, 1.82) is 5.26 Å². The number of halogens is 4. The van der Waals surface area contributed by atoms with Crippen LogP contribution in [0.25, 0.3) is 11.1 Å². The Morgan fingerprint density at radius 2 is 1.83 bits per heavy atom. The van der Waals surface area contributed by atoms with Crippen molar-refractivity contribution < 1.29 is 17.9 Å². The quantitative estimate of drug-likeness (QED) is 0.375. The summed E-state index contributed by atoms with van der Waals surface area (Å²) in [5.41, 5.74) is -1.90. The Labute approximate surface area is 206 Å². The highest BCUT2D eigenvalue weighted by Crippen LogP contribution is 2.33. The van der Waals surface area contributed by atoms with E-state index in [9.17, 15) is 22.8 Å². The van der Waals surface area contributed by atoms with Gasteiger partial charge in [-0.15, -0.1) is 0 Å². The van der Waals surface area contributed by atoms with Crippen molar-refractivity contribution in [2.45, 2.75) is 19.5 Å². The molecule has 2 aromatic carbocycles. The van der Waals surface area contributed by atoms with Crippen LogP contribution in [0.5, 0.6) is 11.5 Å². The molecule has 0 aliphatic heterocycles. The van der Waals surface area contributed by atoms with Gasteiger partial charge in [0.25, 0.3) is 17.0 Å². The SMILES string of the molecule is CC(F)(F)c1ncn(Cn2nccc(-c3ccc(F)cc3)c2=O)c(=O)c1Oc1cc(Cl)cc(C#N)c1. The van der Waals surface area contributed by atoms with Crippen LogP contribution in [-0.4, -0.2) is 19.3 Å². The van der Waals surface area contributed by atoms with E-state index in [4.69, 9.17) is 21.6 Å². The maximum atomic E-state index is 14.3. The van der Waals surface area contributed by atoms with Crippen LogP contribution in [0.1, 0.15) is 18.2 Å². The molecule has 0 bridgehead atoms. The molecule has 8 nitrogen and oxygen atoms in total. The molecule has 12 heteroatoms. The normalized spacial score (nSPS) is 11.2. The van der Waals surface area contributed by atoms with Crippen LogP contribution in [-0.2, 0) is 12.6 Å². The highest BCUT2D eigenvalue weighted by molar-refractivity contribution is 6.30. The number of hydrogen-bond acceptors (Lipinski definition) is 6. The van der Waals surface area contributed by atoms with Crippen LogP contribution in [0.3, 0.4) is 0 Å². The Balaban J connectivity index is 1.78. The monoisotopic (exact) mass is 513 g/mol. The van der Waals surface area contributed by atoms with Crippen molar-refractivity contribution in [1.82, 2.24) is 19.3 Å². The van der Waals surface area contributed by atoms with Gasteiger partial charge in [-0.3, -0.25) is 14.2 Å². The predicted molar refractivity (Wildman–Crippen MR) is 124 cm³/mol. The molecule has 0 fully saturated rings. The first-order valence-electron chi connectivity index (χ1n) is 10.2. The van der Waals surface area contributed by atoms with E-state index in [1.807, 2.05) is 6.07 Å². The minimum atomic E-state index is -3.55. The summed E-state index contributed by atoms with van der Waals surface area (Å²) in [6.07, 6.45) is 2.15. The first kappa shape index (κ1) is 24.7. The molecular weight excluding hydrogens is 499 g/mol. The summed E-state index contributed by atoms with van der Waals surface area (Å²) >= 11 is 5.95. The third-order valence-corrected chi connectivity index (χ3v) is 5.20. The fourth-order valence-electron chi connectivity index (χ4n) is 3.32. The highest BCUT2D eigenvalue weighted by atomic mass is 35.5. The fraction of sp³-hybridized carbons (Fsp3) is 0.125. The summed E-state index contributed by atoms with van der Waals surface area (Å²) in [4.78, 5) is 29.8. The molecule has 0 aliphatic carbocycles. The van der Waals surface area contributed by atoms with Crippen molar-refractivity contribution in [2.75, 3.05) is 0 Å². The summed E-state index contributed by atoms with van der Waals surface area (Å²) in [6, 6.07) is 12.3. The first-order valence-corrected chi connectivity index (χ1v) is 10.6. The number of alkyl halides is 2. The van der Waals surface area contributed by atoms with Crippen molar-refractivity contribution in [3.05, 3.63) is 104 Å².